The first-order valence-corrected chi connectivity index (χ1v) is 7.08. The second-order valence-electron chi connectivity index (χ2n) is 5.90. The SMILES string of the molecule is N[C@@H]1CCN(C(=O)[C@H]2C[C@@H]2c2ccc(C(F)(F)F)cc2)C1. The largest absolute Gasteiger partial charge is 0.416 e. The van der Waals surface area contributed by atoms with Crippen molar-refractivity contribution in [2.75, 3.05) is 13.1 Å². The Morgan fingerprint density at radius 3 is 2.43 bits per heavy atom. The van der Waals surface area contributed by atoms with E-state index in [1.807, 2.05) is 0 Å². The lowest BCUT2D eigenvalue weighted by atomic mass is 10.1. The Hall–Kier alpha value is -1.56. The third-order valence-corrected chi connectivity index (χ3v) is 4.31. The van der Waals surface area contributed by atoms with Crippen LogP contribution in [0.2, 0.25) is 0 Å². The van der Waals surface area contributed by atoms with Crippen LogP contribution in [0.15, 0.2) is 24.3 Å². The fourth-order valence-corrected chi connectivity index (χ4v) is 2.98. The molecule has 2 aliphatic rings. The highest BCUT2D eigenvalue weighted by atomic mass is 19.4. The van der Waals surface area contributed by atoms with Crippen LogP contribution in [-0.2, 0) is 11.0 Å². The number of nitrogens with zero attached hydrogens (tertiary/aromatic N) is 1. The van der Waals surface area contributed by atoms with E-state index in [4.69, 9.17) is 5.73 Å². The van der Waals surface area contributed by atoms with Gasteiger partial charge in [-0.2, -0.15) is 13.2 Å². The Balaban J connectivity index is 1.64. The number of carbonyl (C=O) groups is 1. The molecular weight excluding hydrogens is 281 g/mol. The molecule has 0 aromatic heterocycles. The zero-order valence-corrected chi connectivity index (χ0v) is 11.4. The van der Waals surface area contributed by atoms with Crippen molar-refractivity contribution in [3.8, 4) is 0 Å². The maximum atomic E-state index is 12.5. The van der Waals surface area contributed by atoms with Crippen LogP contribution in [0.3, 0.4) is 0 Å². The van der Waals surface area contributed by atoms with Gasteiger partial charge in [-0.15, -0.1) is 0 Å². The molecule has 1 aliphatic heterocycles. The van der Waals surface area contributed by atoms with Gasteiger partial charge in [0, 0.05) is 25.0 Å². The summed E-state index contributed by atoms with van der Waals surface area (Å²) in [5.74, 6) is 0.0523. The van der Waals surface area contributed by atoms with Crippen LogP contribution in [0.25, 0.3) is 0 Å². The van der Waals surface area contributed by atoms with E-state index in [1.54, 1.807) is 4.90 Å². The van der Waals surface area contributed by atoms with Gasteiger partial charge in [0.05, 0.1) is 5.56 Å². The van der Waals surface area contributed by atoms with Gasteiger partial charge in [0.1, 0.15) is 0 Å². The van der Waals surface area contributed by atoms with Crippen molar-refractivity contribution in [3.05, 3.63) is 35.4 Å². The standard InChI is InChI=1S/C15H17F3N2O/c16-15(17,18)10-3-1-9(2-4-10)12-7-13(12)14(21)20-6-5-11(19)8-20/h1-4,11-13H,5-8,19H2/t11-,12-,13+/m1/s1. The molecular formula is C15H17F3N2O. The van der Waals surface area contributed by atoms with Crippen molar-refractivity contribution in [1.29, 1.82) is 0 Å². The Bertz CT molecular complexity index is 541. The van der Waals surface area contributed by atoms with Gasteiger partial charge in [-0.25, -0.2) is 0 Å². The minimum atomic E-state index is -4.32. The van der Waals surface area contributed by atoms with Gasteiger partial charge in [-0.05, 0) is 36.5 Å². The molecule has 1 saturated heterocycles. The molecule has 114 valence electrons. The molecule has 1 aliphatic carbocycles. The van der Waals surface area contributed by atoms with Crippen LogP contribution >= 0.6 is 0 Å². The first-order valence-electron chi connectivity index (χ1n) is 7.08. The number of carbonyl (C=O) groups excluding carboxylic acids is 1. The molecule has 1 heterocycles. The number of rotatable bonds is 2. The molecule has 0 spiro atoms. The van der Waals surface area contributed by atoms with Gasteiger partial charge in [-0.1, -0.05) is 12.1 Å². The molecule has 3 atom stereocenters. The molecule has 6 heteroatoms. The van der Waals surface area contributed by atoms with E-state index in [2.05, 4.69) is 0 Å². The molecule has 3 rings (SSSR count). The molecule has 0 radical (unpaired) electrons. The second kappa shape index (κ2) is 5.02. The fourth-order valence-electron chi connectivity index (χ4n) is 2.98. The van der Waals surface area contributed by atoms with Crippen molar-refractivity contribution in [1.82, 2.24) is 4.90 Å². The van der Waals surface area contributed by atoms with Gasteiger partial charge in [0.25, 0.3) is 0 Å². The predicted octanol–water partition coefficient (Wildman–Crippen LogP) is 2.37. The molecule has 1 aromatic rings. The van der Waals surface area contributed by atoms with Gasteiger partial charge >= 0.3 is 6.18 Å². The van der Waals surface area contributed by atoms with E-state index in [9.17, 15) is 18.0 Å². The van der Waals surface area contributed by atoms with E-state index in [1.165, 1.54) is 12.1 Å². The number of hydrogen-bond acceptors (Lipinski definition) is 2. The van der Waals surface area contributed by atoms with Crippen molar-refractivity contribution in [2.24, 2.45) is 11.7 Å². The van der Waals surface area contributed by atoms with E-state index in [-0.39, 0.29) is 23.8 Å². The summed E-state index contributed by atoms with van der Waals surface area (Å²) >= 11 is 0. The summed E-state index contributed by atoms with van der Waals surface area (Å²) in [6.07, 6.45) is -2.78. The lowest BCUT2D eigenvalue weighted by molar-refractivity contribution is -0.137. The molecule has 2 N–H and O–H groups in total. The number of nitrogens with two attached hydrogens (primary N) is 1. The van der Waals surface area contributed by atoms with Crippen LogP contribution in [0.5, 0.6) is 0 Å². The summed E-state index contributed by atoms with van der Waals surface area (Å²) in [5.41, 5.74) is 5.94. The Kier molecular flexibility index (Phi) is 3.43. The van der Waals surface area contributed by atoms with Gasteiger partial charge in [0.2, 0.25) is 5.91 Å². The zero-order chi connectivity index (χ0) is 15.2. The Morgan fingerprint density at radius 1 is 1.24 bits per heavy atom. The molecule has 3 nitrogen and oxygen atoms in total. The quantitative estimate of drug-likeness (QED) is 0.911. The summed E-state index contributed by atoms with van der Waals surface area (Å²) in [4.78, 5) is 14.0. The first kappa shape index (κ1) is 14.4. The van der Waals surface area contributed by atoms with E-state index in [0.29, 0.717) is 13.1 Å². The summed E-state index contributed by atoms with van der Waals surface area (Å²) < 4.78 is 37.5. The average molecular weight is 298 g/mol. The van der Waals surface area contributed by atoms with E-state index >= 15 is 0 Å². The summed E-state index contributed by atoms with van der Waals surface area (Å²) in [5, 5.41) is 0. The van der Waals surface area contributed by atoms with Crippen molar-refractivity contribution in [2.45, 2.75) is 31.0 Å². The number of halogens is 3. The number of benzene rings is 1. The Labute approximate surface area is 120 Å². The minimum Gasteiger partial charge on any atom is -0.341 e. The zero-order valence-electron chi connectivity index (χ0n) is 11.4. The lowest BCUT2D eigenvalue weighted by Gasteiger charge is -2.15. The fraction of sp³-hybridized carbons (Fsp3) is 0.533. The smallest absolute Gasteiger partial charge is 0.341 e. The van der Waals surface area contributed by atoms with Gasteiger partial charge < -0.3 is 10.6 Å². The highest BCUT2D eigenvalue weighted by molar-refractivity contribution is 5.83. The van der Waals surface area contributed by atoms with Crippen LogP contribution < -0.4 is 5.73 Å². The maximum Gasteiger partial charge on any atom is 0.416 e. The highest BCUT2D eigenvalue weighted by Crippen LogP contribution is 2.49. The Morgan fingerprint density at radius 2 is 1.90 bits per heavy atom. The predicted molar refractivity (Wildman–Crippen MR) is 71.5 cm³/mol. The molecule has 0 bridgehead atoms. The molecule has 2 fully saturated rings. The summed E-state index contributed by atoms with van der Waals surface area (Å²) in [7, 11) is 0. The second-order valence-corrected chi connectivity index (χ2v) is 5.90. The summed E-state index contributed by atoms with van der Waals surface area (Å²) in [6.45, 7) is 1.28. The molecule has 1 amide bonds. The molecule has 21 heavy (non-hydrogen) atoms. The summed E-state index contributed by atoms with van der Waals surface area (Å²) in [6, 6.07) is 5.19. The third kappa shape index (κ3) is 2.90. The van der Waals surface area contributed by atoms with Crippen molar-refractivity contribution in [3.63, 3.8) is 0 Å². The number of hydrogen-bond donors (Lipinski definition) is 1. The minimum absolute atomic E-state index is 0.0524. The van der Waals surface area contributed by atoms with Crippen LogP contribution in [0, 0.1) is 5.92 Å². The normalized spacial score (nSPS) is 28.8. The molecule has 0 unspecified atom stereocenters. The highest BCUT2D eigenvalue weighted by Gasteiger charge is 2.46. The number of likely N-dealkylation sites (tertiary alicyclic amines) is 1. The van der Waals surface area contributed by atoms with Gasteiger partial charge in [0.15, 0.2) is 0 Å². The molecule has 1 aromatic carbocycles. The third-order valence-electron chi connectivity index (χ3n) is 4.31. The van der Waals surface area contributed by atoms with Crippen molar-refractivity contribution >= 4 is 5.91 Å². The average Bonchev–Trinajstić information content (AvgIpc) is 3.12. The number of amides is 1. The van der Waals surface area contributed by atoms with E-state index in [0.717, 1.165) is 30.5 Å². The van der Waals surface area contributed by atoms with Gasteiger partial charge in [-0.3, -0.25) is 4.79 Å². The lowest BCUT2D eigenvalue weighted by Crippen LogP contribution is -2.33. The van der Waals surface area contributed by atoms with Crippen LogP contribution in [-0.4, -0.2) is 29.9 Å². The number of alkyl halides is 3. The van der Waals surface area contributed by atoms with Crippen molar-refractivity contribution < 1.29 is 18.0 Å². The first-order chi connectivity index (χ1) is 9.86. The monoisotopic (exact) mass is 298 g/mol. The topological polar surface area (TPSA) is 46.3 Å². The van der Waals surface area contributed by atoms with E-state index < -0.39 is 11.7 Å². The maximum absolute atomic E-state index is 12.5. The van der Waals surface area contributed by atoms with Crippen LogP contribution in [0.1, 0.15) is 29.9 Å². The van der Waals surface area contributed by atoms with Crippen LogP contribution in [0.4, 0.5) is 13.2 Å². The molecule has 1 saturated carbocycles.